The Bertz CT molecular complexity index is 485. The molecule has 1 aliphatic heterocycles. The lowest BCUT2D eigenvalue weighted by Gasteiger charge is -2.45. The van der Waals surface area contributed by atoms with Crippen molar-refractivity contribution in [3.8, 4) is 0 Å². The molecule has 1 saturated carbocycles. The molecule has 3 rings (SSSR count). The summed E-state index contributed by atoms with van der Waals surface area (Å²) in [5.41, 5.74) is 0.766. The Hall–Kier alpha value is -0.450. The van der Waals surface area contributed by atoms with Gasteiger partial charge in [-0.3, -0.25) is 0 Å². The first kappa shape index (κ1) is 14.5. The van der Waals surface area contributed by atoms with Gasteiger partial charge < -0.3 is 10.1 Å². The molecule has 3 atom stereocenters. The number of hydrogen-bond donors (Lipinski definition) is 1. The van der Waals surface area contributed by atoms with Gasteiger partial charge in [0.2, 0.25) is 0 Å². The van der Waals surface area contributed by atoms with Gasteiger partial charge in [0, 0.05) is 22.1 Å². The Morgan fingerprint density at radius 1 is 1.45 bits per heavy atom. The van der Waals surface area contributed by atoms with Gasteiger partial charge in [0.05, 0.1) is 12.7 Å². The number of morpholine rings is 1. The third-order valence-corrected chi connectivity index (χ3v) is 5.11. The van der Waals surface area contributed by atoms with Crippen molar-refractivity contribution in [2.24, 2.45) is 5.92 Å². The average molecular weight is 342 g/mol. The van der Waals surface area contributed by atoms with E-state index in [2.05, 4.69) is 28.2 Å². The van der Waals surface area contributed by atoms with E-state index in [0.717, 1.165) is 10.4 Å². The maximum Gasteiger partial charge on any atom is 0.129 e. The van der Waals surface area contributed by atoms with Gasteiger partial charge in [0.15, 0.2) is 0 Å². The molecule has 2 nitrogen and oxygen atoms in total. The highest BCUT2D eigenvalue weighted by Crippen LogP contribution is 2.37. The average Bonchev–Trinajstić information content (AvgIpc) is 2.43. The first-order valence-corrected chi connectivity index (χ1v) is 8.19. The van der Waals surface area contributed by atoms with Crippen LogP contribution in [-0.2, 0) is 4.74 Å². The lowest BCUT2D eigenvalue weighted by atomic mass is 9.76. The molecule has 4 heteroatoms. The van der Waals surface area contributed by atoms with Crippen molar-refractivity contribution in [1.82, 2.24) is 5.32 Å². The zero-order valence-corrected chi connectivity index (χ0v) is 13.4. The van der Waals surface area contributed by atoms with Gasteiger partial charge >= 0.3 is 0 Å². The first-order valence-electron chi connectivity index (χ1n) is 7.40. The van der Waals surface area contributed by atoms with Crippen molar-refractivity contribution >= 4 is 15.9 Å². The third kappa shape index (κ3) is 2.92. The molecule has 2 fully saturated rings. The molecule has 1 N–H and O–H groups in total. The van der Waals surface area contributed by atoms with E-state index in [1.807, 2.05) is 6.07 Å². The molecule has 1 aromatic rings. The number of halogens is 2. The van der Waals surface area contributed by atoms with E-state index in [4.69, 9.17) is 4.74 Å². The van der Waals surface area contributed by atoms with Gasteiger partial charge in [-0.1, -0.05) is 35.7 Å². The molecule has 1 aliphatic carbocycles. The Labute approximate surface area is 128 Å². The van der Waals surface area contributed by atoms with Gasteiger partial charge in [-0.2, -0.15) is 0 Å². The minimum absolute atomic E-state index is 0.122. The van der Waals surface area contributed by atoms with Gasteiger partial charge in [0.1, 0.15) is 5.82 Å². The van der Waals surface area contributed by atoms with Crippen LogP contribution in [0.25, 0.3) is 0 Å². The predicted molar refractivity (Wildman–Crippen MR) is 81.2 cm³/mol. The second-order valence-corrected chi connectivity index (χ2v) is 7.24. The molecule has 2 aliphatic rings. The summed E-state index contributed by atoms with van der Waals surface area (Å²) in [5, 5.41) is 3.65. The van der Waals surface area contributed by atoms with E-state index in [9.17, 15) is 4.39 Å². The molecule has 0 aromatic heterocycles. The van der Waals surface area contributed by atoms with E-state index in [0.29, 0.717) is 18.7 Å². The highest BCUT2D eigenvalue weighted by atomic mass is 79.9. The van der Waals surface area contributed by atoms with E-state index >= 15 is 0 Å². The smallest absolute Gasteiger partial charge is 0.129 e. The Kier molecular flexibility index (Phi) is 4.16. The van der Waals surface area contributed by atoms with Crippen LogP contribution in [0.1, 0.15) is 44.3 Å². The molecule has 1 spiro atoms. The van der Waals surface area contributed by atoms with Crippen molar-refractivity contribution < 1.29 is 9.13 Å². The molecule has 1 heterocycles. The molecule has 0 amide bonds. The maximum atomic E-state index is 13.9. The van der Waals surface area contributed by atoms with E-state index in [1.165, 1.54) is 31.7 Å². The standard InChI is InChI=1S/C16H21BrFNO/c1-11-3-2-6-16(8-11)10-20-15(9-19-16)13-7-12(17)4-5-14(13)18/h4-5,7,11,15,19H,2-3,6,8-10H2,1H3. The third-order valence-electron chi connectivity index (χ3n) is 4.62. The summed E-state index contributed by atoms with van der Waals surface area (Å²) < 4.78 is 20.8. The summed E-state index contributed by atoms with van der Waals surface area (Å²) in [6.45, 7) is 3.69. The van der Waals surface area contributed by atoms with Gasteiger partial charge in [-0.25, -0.2) is 4.39 Å². The summed E-state index contributed by atoms with van der Waals surface area (Å²) in [6.07, 6.45) is 4.72. The highest BCUT2D eigenvalue weighted by Gasteiger charge is 2.39. The fraction of sp³-hybridized carbons (Fsp3) is 0.625. The molecule has 3 unspecified atom stereocenters. The molecular weight excluding hydrogens is 321 g/mol. The summed E-state index contributed by atoms with van der Waals surface area (Å²) in [7, 11) is 0. The molecule has 1 aromatic carbocycles. The zero-order valence-electron chi connectivity index (χ0n) is 11.8. The van der Waals surface area contributed by atoms with Crippen LogP contribution < -0.4 is 5.32 Å². The van der Waals surface area contributed by atoms with Crippen LogP contribution in [-0.4, -0.2) is 18.7 Å². The van der Waals surface area contributed by atoms with Crippen LogP contribution in [0.5, 0.6) is 0 Å². The lowest BCUT2D eigenvalue weighted by Crippen LogP contribution is -2.57. The second kappa shape index (κ2) is 5.74. The topological polar surface area (TPSA) is 21.3 Å². The first-order chi connectivity index (χ1) is 9.58. The molecule has 1 saturated heterocycles. The fourth-order valence-corrected chi connectivity index (χ4v) is 3.97. The minimum Gasteiger partial charge on any atom is -0.370 e. The van der Waals surface area contributed by atoms with Crippen LogP contribution in [0.2, 0.25) is 0 Å². The molecular formula is C16H21BrFNO. The van der Waals surface area contributed by atoms with Crippen LogP contribution in [0, 0.1) is 11.7 Å². The monoisotopic (exact) mass is 341 g/mol. The van der Waals surface area contributed by atoms with Crippen molar-refractivity contribution in [3.05, 3.63) is 34.1 Å². The quantitative estimate of drug-likeness (QED) is 0.826. The summed E-state index contributed by atoms with van der Waals surface area (Å²) in [6, 6.07) is 5.04. The molecule has 110 valence electrons. The Morgan fingerprint density at radius 2 is 2.30 bits per heavy atom. The lowest BCUT2D eigenvalue weighted by molar-refractivity contribution is -0.0539. The van der Waals surface area contributed by atoms with Gasteiger partial charge in [0.25, 0.3) is 0 Å². The summed E-state index contributed by atoms with van der Waals surface area (Å²) in [5.74, 6) is 0.562. The largest absolute Gasteiger partial charge is 0.370 e. The maximum absolute atomic E-state index is 13.9. The summed E-state index contributed by atoms with van der Waals surface area (Å²) >= 11 is 3.40. The number of rotatable bonds is 1. The van der Waals surface area contributed by atoms with Crippen LogP contribution >= 0.6 is 15.9 Å². The van der Waals surface area contributed by atoms with Crippen molar-refractivity contribution in [3.63, 3.8) is 0 Å². The highest BCUT2D eigenvalue weighted by molar-refractivity contribution is 9.10. The number of ether oxygens (including phenoxy) is 1. The number of nitrogens with one attached hydrogen (secondary N) is 1. The fourth-order valence-electron chi connectivity index (χ4n) is 3.59. The van der Waals surface area contributed by atoms with Crippen LogP contribution in [0.4, 0.5) is 4.39 Å². The SMILES string of the molecule is CC1CCCC2(COC(c3cc(Br)ccc3F)CN2)C1. The van der Waals surface area contributed by atoms with Gasteiger partial charge in [-0.15, -0.1) is 0 Å². The van der Waals surface area contributed by atoms with Crippen molar-refractivity contribution in [2.75, 3.05) is 13.2 Å². The minimum atomic E-state index is -0.187. The number of benzene rings is 1. The van der Waals surface area contributed by atoms with Gasteiger partial charge in [-0.05, 0) is 37.0 Å². The molecule has 20 heavy (non-hydrogen) atoms. The van der Waals surface area contributed by atoms with Crippen molar-refractivity contribution in [1.29, 1.82) is 0 Å². The normalized spacial score (nSPS) is 34.4. The second-order valence-electron chi connectivity index (χ2n) is 6.33. The van der Waals surface area contributed by atoms with Crippen molar-refractivity contribution in [2.45, 2.75) is 44.2 Å². The number of hydrogen-bond acceptors (Lipinski definition) is 2. The summed E-state index contributed by atoms with van der Waals surface area (Å²) in [4.78, 5) is 0. The zero-order chi connectivity index (χ0) is 14.2. The Balaban J connectivity index is 1.70. The van der Waals surface area contributed by atoms with E-state index in [-0.39, 0.29) is 17.5 Å². The molecule has 0 bridgehead atoms. The van der Waals surface area contributed by atoms with Crippen LogP contribution in [0.15, 0.2) is 22.7 Å². The van der Waals surface area contributed by atoms with Crippen LogP contribution in [0.3, 0.4) is 0 Å². The predicted octanol–water partition coefficient (Wildman–Crippen LogP) is 4.20. The van der Waals surface area contributed by atoms with E-state index in [1.54, 1.807) is 6.07 Å². The Morgan fingerprint density at radius 3 is 3.00 bits per heavy atom. The van der Waals surface area contributed by atoms with E-state index < -0.39 is 0 Å². The molecule has 0 radical (unpaired) electrons.